The van der Waals surface area contributed by atoms with E-state index in [1.165, 1.54) is 32.1 Å². The van der Waals surface area contributed by atoms with Crippen molar-refractivity contribution in [2.24, 2.45) is 4.99 Å². The van der Waals surface area contributed by atoms with Gasteiger partial charge in [-0.05, 0) is 44.2 Å². The van der Waals surface area contributed by atoms with Gasteiger partial charge in [-0.1, -0.05) is 12.8 Å². The third kappa shape index (κ3) is 7.37. The lowest BCUT2D eigenvalue weighted by Gasteiger charge is -2.38. The molecule has 2 aliphatic heterocycles. The molecule has 0 bridgehead atoms. The molecule has 1 aliphatic carbocycles. The second-order valence-electron chi connectivity index (χ2n) is 8.87. The minimum atomic E-state index is 0. The molecule has 0 aromatic carbocycles. The number of amides is 1. The molecule has 4 rings (SSSR count). The van der Waals surface area contributed by atoms with Gasteiger partial charge in [0.15, 0.2) is 5.96 Å². The highest BCUT2D eigenvalue weighted by molar-refractivity contribution is 14.0. The maximum absolute atomic E-state index is 12.6. The molecule has 0 atom stereocenters. The highest BCUT2D eigenvalue weighted by Gasteiger charge is 2.25. The Balaban J connectivity index is 0.00000272. The van der Waals surface area contributed by atoms with Gasteiger partial charge in [0.25, 0.3) is 0 Å². The van der Waals surface area contributed by atoms with Crippen molar-refractivity contribution < 1.29 is 9.21 Å². The molecule has 1 amide bonds. The molecule has 1 aromatic heterocycles. The van der Waals surface area contributed by atoms with E-state index >= 15 is 0 Å². The molecule has 0 unspecified atom stereocenters. The second kappa shape index (κ2) is 12.7. The normalized spacial score (nSPS) is 21.2. The van der Waals surface area contributed by atoms with Crippen LogP contribution >= 0.6 is 24.0 Å². The fourth-order valence-corrected chi connectivity index (χ4v) is 4.77. The molecule has 3 fully saturated rings. The Labute approximate surface area is 203 Å². The minimum Gasteiger partial charge on any atom is -0.469 e. The number of aliphatic imine (C=N–C) groups is 1. The van der Waals surface area contributed by atoms with E-state index in [4.69, 9.17) is 9.41 Å². The first-order valence-electron chi connectivity index (χ1n) is 11.9. The Morgan fingerprint density at radius 3 is 2.42 bits per heavy atom. The van der Waals surface area contributed by atoms with E-state index in [2.05, 4.69) is 20.0 Å². The van der Waals surface area contributed by atoms with E-state index in [-0.39, 0.29) is 24.0 Å². The summed E-state index contributed by atoms with van der Waals surface area (Å²) in [6, 6.07) is 4.49. The molecule has 7 nitrogen and oxygen atoms in total. The number of likely N-dealkylation sites (tertiary alicyclic amines) is 1. The maximum atomic E-state index is 12.6. The topological polar surface area (TPSA) is 64.3 Å². The number of piperidine rings is 1. The lowest BCUT2D eigenvalue weighted by atomic mass is 10.1. The van der Waals surface area contributed by atoms with Crippen molar-refractivity contribution in [2.75, 3.05) is 52.4 Å². The molecule has 3 aliphatic rings. The molecular weight excluding hydrogens is 505 g/mol. The number of nitrogens with zero attached hydrogens (tertiary/aromatic N) is 4. The fraction of sp³-hybridized carbons (Fsp3) is 0.739. The molecular formula is C23H38IN5O2. The molecule has 3 heterocycles. The zero-order valence-corrected chi connectivity index (χ0v) is 21.0. The summed E-state index contributed by atoms with van der Waals surface area (Å²) in [5.74, 6) is 2.33. The average Bonchev–Trinajstić information content (AvgIpc) is 3.49. The summed E-state index contributed by atoms with van der Waals surface area (Å²) in [7, 11) is 0. The quantitative estimate of drug-likeness (QED) is 0.340. The van der Waals surface area contributed by atoms with E-state index < -0.39 is 0 Å². The van der Waals surface area contributed by atoms with Crippen LogP contribution in [0.4, 0.5) is 0 Å². The van der Waals surface area contributed by atoms with E-state index in [1.807, 2.05) is 12.1 Å². The van der Waals surface area contributed by atoms with Crippen LogP contribution in [0, 0.1) is 0 Å². The van der Waals surface area contributed by atoms with Gasteiger partial charge in [0.1, 0.15) is 5.76 Å². The largest absolute Gasteiger partial charge is 0.469 e. The maximum Gasteiger partial charge on any atom is 0.236 e. The number of hydrogen-bond acceptors (Lipinski definition) is 4. The summed E-state index contributed by atoms with van der Waals surface area (Å²) in [6.07, 6.45) is 11.2. The van der Waals surface area contributed by atoms with E-state index in [0.29, 0.717) is 18.5 Å². The number of rotatable bonds is 6. The van der Waals surface area contributed by atoms with Gasteiger partial charge in [-0.15, -0.1) is 24.0 Å². The van der Waals surface area contributed by atoms with Gasteiger partial charge in [-0.2, -0.15) is 0 Å². The number of guanidine groups is 1. The van der Waals surface area contributed by atoms with Crippen LogP contribution in [0.1, 0.15) is 50.7 Å². The van der Waals surface area contributed by atoms with E-state index in [0.717, 1.165) is 76.8 Å². The second-order valence-corrected chi connectivity index (χ2v) is 8.87. The van der Waals surface area contributed by atoms with Crippen molar-refractivity contribution in [2.45, 2.75) is 57.4 Å². The molecule has 174 valence electrons. The summed E-state index contributed by atoms with van der Waals surface area (Å²) < 4.78 is 5.45. The zero-order valence-electron chi connectivity index (χ0n) is 18.6. The average molecular weight is 543 g/mol. The third-order valence-electron chi connectivity index (χ3n) is 6.63. The van der Waals surface area contributed by atoms with Crippen LogP contribution in [0.15, 0.2) is 27.8 Å². The predicted octanol–water partition coefficient (Wildman–Crippen LogP) is 2.96. The van der Waals surface area contributed by atoms with Crippen molar-refractivity contribution in [3.63, 3.8) is 0 Å². The van der Waals surface area contributed by atoms with Crippen molar-refractivity contribution in [1.29, 1.82) is 0 Å². The summed E-state index contributed by atoms with van der Waals surface area (Å²) >= 11 is 0. The van der Waals surface area contributed by atoms with Gasteiger partial charge in [-0.25, -0.2) is 0 Å². The van der Waals surface area contributed by atoms with Crippen molar-refractivity contribution in [3.05, 3.63) is 24.2 Å². The van der Waals surface area contributed by atoms with Crippen LogP contribution in [0.5, 0.6) is 0 Å². The predicted molar refractivity (Wildman–Crippen MR) is 134 cm³/mol. The molecule has 8 heteroatoms. The molecule has 1 N–H and O–H groups in total. The van der Waals surface area contributed by atoms with Crippen LogP contribution in [0.2, 0.25) is 0 Å². The van der Waals surface area contributed by atoms with Crippen LogP contribution in [0.25, 0.3) is 0 Å². The number of halogens is 1. The monoisotopic (exact) mass is 543 g/mol. The van der Waals surface area contributed by atoms with Gasteiger partial charge in [0.05, 0.1) is 12.8 Å². The standard InChI is InChI=1S/C23H37N5O2.HI/c29-22(27-12-4-1-5-13-27)19-26-14-16-28(17-15-26)23(25-20-7-2-3-8-20)24-11-10-21-9-6-18-30-21;/h6,9,18,20H,1-5,7-8,10-17,19H2,(H,24,25);1H. The number of nitrogens with one attached hydrogen (secondary N) is 1. The van der Waals surface area contributed by atoms with Crippen LogP contribution in [-0.2, 0) is 11.2 Å². The Bertz CT molecular complexity index is 676. The smallest absolute Gasteiger partial charge is 0.236 e. The summed E-state index contributed by atoms with van der Waals surface area (Å²) in [4.78, 5) is 24.3. The van der Waals surface area contributed by atoms with Crippen LogP contribution < -0.4 is 5.32 Å². The number of hydrogen-bond donors (Lipinski definition) is 1. The molecule has 0 spiro atoms. The summed E-state index contributed by atoms with van der Waals surface area (Å²) in [5.41, 5.74) is 0. The highest BCUT2D eigenvalue weighted by atomic mass is 127. The Kier molecular flexibility index (Phi) is 9.95. The summed E-state index contributed by atoms with van der Waals surface area (Å²) in [5, 5.41) is 3.72. The van der Waals surface area contributed by atoms with Gasteiger partial charge in [-0.3, -0.25) is 14.7 Å². The number of carbonyl (C=O) groups excluding carboxylic acids is 1. The Morgan fingerprint density at radius 2 is 1.74 bits per heavy atom. The molecule has 31 heavy (non-hydrogen) atoms. The summed E-state index contributed by atoms with van der Waals surface area (Å²) in [6.45, 7) is 6.86. The zero-order chi connectivity index (χ0) is 20.6. The van der Waals surface area contributed by atoms with Crippen molar-refractivity contribution in [3.8, 4) is 0 Å². The lowest BCUT2D eigenvalue weighted by molar-refractivity contribution is -0.133. The van der Waals surface area contributed by atoms with Gasteiger partial charge in [0.2, 0.25) is 5.91 Å². The minimum absolute atomic E-state index is 0. The van der Waals surface area contributed by atoms with Crippen molar-refractivity contribution >= 4 is 35.8 Å². The number of furan rings is 1. The number of carbonyl (C=O) groups is 1. The highest BCUT2D eigenvalue weighted by Crippen LogP contribution is 2.18. The van der Waals surface area contributed by atoms with Gasteiger partial charge in [0, 0.05) is 58.3 Å². The van der Waals surface area contributed by atoms with Crippen LogP contribution in [0.3, 0.4) is 0 Å². The molecule has 1 saturated carbocycles. The number of piperazine rings is 1. The van der Waals surface area contributed by atoms with E-state index in [1.54, 1.807) is 6.26 Å². The fourth-order valence-electron chi connectivity index (χ4n) is 4.77. The first-order chi connectivity index (χ1) is 14.8. The molecule has 0 radical (unpaired) electrons. The third-order valence-corrected chi connectivity index (χ3v) is 6.63. The van der Waals surface area contributed by atoms with Crippen molar-refractivity contribution in [1.82, 2.24) is 20.0 Å². The van der Waals surface area contributed by atoms with Crippen LogP contribution in [-0.4, -0.2) is 85.0 Å². The van der Waals surface area contributed by atoms with Gasteiger partial charge < -0.3 is 19.5 Å². The molecule has 2 saturated heterocycles. The lowest BCUT2D eigenvalue weighted by Crippen LogP contribution is -2.55. The first kappa shape index (κ1) is 24.4. The van der Waals surface area contributed by atoms with E-state index in [9.17, 15) is 4.79 Å². The molecule has 1 aromatic rings. The Morgan fingerprint density at radius 1 is 1.00 bits per heavy atom. The van der Waals surface area contributed by atoms with Gasteiger partial charge >= 0.3 is 0 Å². The SMILES string of the molecule is I.O=C(CN1CCN(C(=NCCc2ccco2)NC2CCCC2)CC1)N1CCCCC1. The first-order valence-corrected chi connectivity index (χ1v) is 11.9. The Hall–Kier alpha value is -1.29.